The maximum Gasteiger partial charge on any atom is 0.430 e. The van der Waals surface area contributed by atoms with Crippen molar-refractivity contribution in [1.29, 1.82) is 0 Å². The lowest BCUT2D eigenvalue weighted by molar-refractivity contribution is 0.304. The lowest BCUT2D eigenvalue weighted by atomic mass is 11.3. The van der Waals surface area contributed by atoms with Crippen molar-refractivity contribution in [2.45, 2.75) is 0 Å². The maximum atomic E-state index is 9.19. The van der Waals surface area contributed by atoms with Gasteiger partial charge in [0.05, 0.1) is 0 Å². The summed E-state index contributed by atoms with van der Waals surface area (Å²) in [6.45, 7) is 0. The molecule has 0 atom stereocenters. The predicted octanol–water partition coefficient (Wildman–Crippen LogP) is -0.228. The summed E-state index contributed by atoms with van der Waals surface area (Å²) in [7, 11) is 3.61. The minimum absolute atomic E-state index is 1.41. The highest BCUT2D eigenvalue weighted by molar-refractivity contribution is 7.59. The van der Waals surface area contributed by atoms with Crippen LogP contribution in [-0.2, 0) is 0 Å². The number of hydrogen-bond donors (Lipinski definition) is 2. The van der Waals surface area contributed by atoms with Gasteiger partial charge in [0.15, 0.2) is 0 Å². The van der Waals surface area contributed by atoms with Crippen molar-refractivity contribution < 1.29 is 9.79 Å². The fourth-order valence-corrected chi connectivity index (χ4v) is 1.07. The molecule has 0 unspecified atom stereocenters. The standard InChI is InChI=1S/C4H14N2O2P/c1-5(2)9(7,8)6(3)4/h7-8H,1-4H3/q+1. The van der Waals surface area contributed by atoms with Gasteiger partial charge in [0, 0.05) is 28.2 Å². The van der Waals surface area contributed by atoms with Gasteiger partial charge in [0.1, 0.15) is 0 Å². The molecule has 0 aromatic carbocycles. The third-order valence-electron chi connectivity index (χ3n) is 1.07. The smallest absolute Gasteiger partial charge is 0.187 e. The minimum Gasteiger partial charge on any atom is -0.187 e. The molecule has 9 heavy (non-hydrogen) atoms. The Balaban J connectivity index is 4.01. The van der Waals surface area contributed by atoms with E-state index in [1.54, 1.807) is 28.2 Å². The number of rotatable bonds is 2. The first-order valence-electron chi connectivity index (χ1n) is 2.59. The van der Waals surface area contributed by atoms with Crippen LogP contribution in [0.15, 0.2) is 0 Å². The largest absolute Gasteiger partial charge is 0.430 e. The summed E-state index contributed by atoms with van der Waals surface area (Å²) < 4.78 is 2.82. The molecule has 0 heterocycles. The molecular formula is C4H14N2O2P+. The Morgan fingerprint density at radius 1 is 0.889 bits per heavy atom. The fourth-order valence-electron chi connectivity index (χ4n) is 0.358. The van der Waals surface area contributed by atoms with Crippen LogP contribution in [0.25, 0.3) is 0 Å². The molecule has 0 bridgehead atoms. The van der Waals surface area contributed by atoms with Crippen molar-refractivity contribution in [3.63, 3.8) is 0 Å². The van der Waals surface area contributed by atoms with Crippen molar-refractivity contribution in [2.24, 2.45) is 0 Å². The van der Waals surface area contributed by atoms with Crippen LogP contribution in [-0.4, -0.2) is 47.3 Å². The third-order valence-corrected chi connectivity index (χ3v) is 3.22. The van der Waals surface area contributed by atoms with Gasteiger partial charge in [-0.15, -0.1) is 9.34 Å². The van der Waals surface area contributed by atoms with E-state index < -0.39 is 8.02 Å². The Kier molecular flexibility index (Phi) is 2.99. The molecular weight excluding hydrogens is 139 g/mol. The molecule has 0 saturated carbocycles. The van der Waals surface area contributed by atoms with E-state index in [4.69, 9.17) is 0 Å². The van der Waals surface area contributed by atoms with E-state index >= 15 is 0 Å². The second kappa shape index (κ2) is 2.90. The lowest BCUT2D eigenvalue weighted by Crippen LogP contribution is -2.25. The Labute approximate surface area is 56.3 Å². The van der Waals surface area contributed by atoms with Crippen LogP contribution in [0.5, 0.6) is 0 Å². The second-order valence-electron chi connectivity index (χ2n) is 2.23. The van der Waals surface area contributed by atoms with E-state index in [-0.39, 0.29) is 0 Å². The van der Waals surface area contributed by atoms with Crippen molar-refractivity contribution in [3.8, 4) is 0 Å². The van der Waals surface area contributed by atoms with Crippen molar-refractivity contribution in [1.82, 2.24) is 9.34 Å². The Bertz CT molecular complexity index is 84.6. The second-order valence-corrected chi connectivity index (χ2v) is 4.90. The molecule has 0 rings (SSSR count). The average molecular weight is 153 g/mol. The van der Waals surface area contributed by atoms with Gasteiger partial charge in [-0.25, -0.2) is 0 Å². The zero-order chi connectivity index (χ0) is 7.65. The zero-order valence-corrected chi connectivity index (χ0v) is 7.13. The van der Waals surface area contributed by atoms with Gasteiger partial charge in [0.2, 0.25) is 0 Å². The van der Waals surface area contributed by atoms with Crippen LogP contribution in [0, 0.1) is 0 Å². The SMILES string of the molecule is CN(C)[P+](O)(O)N(C)C. The van der Waals surface area contributed by atoms with Gasteiger partial charge in [-0.05, 0) is 0 Å². The zero-order valence-electron chi connectivity index (χ0n) is 6.24. The van der Waals surface area contributed by atoms with Gasteiger partial charge in [-0.2, -0.15) is 9.79 Å². The van der Waals surface area contributed by atoms with Crippen molar-refractivity contribution in [2.75, 3.05) is 28.2 Å². The van der Waals surface area contributed by atoms with Gasteiger partial charge in [-0.1, -0.05) is 0 Å². The molecule has 2 N–H and O–H groups in total. The Morgan fingerprint density at radius 2 is 1.11 bits per heavy atom. The normalized spacial score (nSPS) is 13.3. The van der Waals surface area contributed by atoms with E-state index in [2.05, 4.69) is 0 Å². The molecule has 0 spiro atoms. The quantitative estimate of drug-likeness (QED) is 0.538. The summed E-state index contributed by atoms with van der Waals surface area (Å²) in [5.41, 5.74) is 0. The molecule has 0 fully saturated rings. The molecule has 4 nitrogen and oxygen atoms in total. The van der Waals surface area contributed by atoms with Crippen LogP contribution in [0.2, 0.25) is 0 Å². The van der Waals surface area contributed by atoms with Gasteiger partial charge < -0.3 is 0 Å². The molecule has 0 aliphatic carbocycles. The monoisotopic (exact) mass is 153 g/mol. The number of hydrogen-bond acceptors (Lipinski definition) is 4. The van der Waals surface area contributed by atoms with E-state index in [1.165, 1.54) is 9.34 Å². The van der Waals surface area contributed by atoms with Gasteiger partial charge in [0.25, 0.3) is 0 Å². The van der Waals surface area contributed by atoms with Crippen molar-refractivity contribution >= 4 is 8.02 Å². The highest BCUT2D eigenvalue weighted by Crippen LogP contribution is 2.52. The molecule has 0 aromatic rings. The summed E-state index contributed by atoms with van der Waals surface area (Å²) in [4.78, 5) is 18.4. The van der Waals surface area contributed by atoms with E-state index in [0.717, 1.165) is 0 Å². The highest BCUT2D eigenvalue weighted by Gasteiger charge is 2.40. The fraction of sp³-hybridized carbons (Fsp3) is 1.00. The van der Waals surface area contributed by atoms with Gasteiger partial charge >= 0.3 is 8.02 Å². The molecule has 56 valence electrons. The molecule has 5 heteroatoms. The molecule has 0 radical (unpaired) electrons. The predicted molar refractivity (Wildman–Crippen MR) is 38.7 cm³/mol. The van der Waals surface area contributed by atoms with Crippen LogP contribution < -0.4 is 0 Å². The molecule has 0 amide bonds. The van der Waals surface area contributed by atoms with Crippen LogP contribution in [0.1, 0.15) is 0 Å². The first-order chi connectivity index (χ1) is 3.89. The van der Waals surface area contributed by atoms with E-state index in [9.17, 15) is 9.79 Å². The van der Waals surface area contributed by atoms with Crippen LogP contribution in [0.4, 0.5) is 0 Å². The summed E-state index contributed by atoms with van der Waals surface area (Å²) in [6, 6.07) is 0. The topological polar surface area (TPSA) is 46.9 Å². The van der Waals surface area contributed by atoms with Crippen LogP contribution in [0.3, 0.4) is 0 Å². The van der Waals surface area contributed by atoms with Gasteiger partial charge in [-0.3, -0.25) is 0 Å². The molecule has 0 aromatic heterocycles. The van der Waals surface area contributed by atoms with E-state index in [1.807, 2.05) is 0 Å². The first kappa shape index (κ1) is 9.27. The Hall–Kier alpha value is 0.270. The maximum absolute atomic E-state index is 9.19. The number of nitrogens with zero attached hydrogens (tertiary/aromatic N) is 2. The third kappa shape index (κ3) is 2.16. The summed E-state index contributed by atoms with van der Waals surface area (Å²) in [5.74, 6) is 0. The molecule has 0 aliphatic heterocycles. The lowest BCUT2D eigenvalue weighted by Gasteiger charge is -2.21. The van der Waals surface area contributed by atoms with Crippen molar-refractivity contribution in [3.05, 3.63) is 0 Å². The minimum atomic E-state index is -2.92. The molecule has 0 aliphatic rings. The summed E-state index contributed by atoms with van der Waals surface area (Å²) >= 11 is 0. The van der Waals surface area contributed by atoms with Crippen LogP contribution >= 0.6 is 8.02 Å². The highest BCUT2D eigenvalue weighted by atomic mass is 31.2. The summed E-state index contributed by atoms with van der Waals surface area (Å²) in [5, 5.41) is 0. The average Bonchev–Trinajstić information content (AvgIpc) is 1.65. The van der Waals surface area contributed by atoms with E-state index in [0.29, 0.717) is 0 Å². The summed E-state index contributed by atoms with van der Waals surface area (Å²) in [6.07, 6.45) is 0. The Morgan fingerprint density at radius 3 is 1.11 bits per heavy atom. The molecule has 0 saturated heterocycles. The first-order valence-corrected chi connectivity index (χ1v) is 4.19.